The first-order valence-electron chi connectivity index (χ1n) is 21.5. The average molecular weight is 838 g/mol. The molecule has 0 bridgehead atoms. The molecule has 1 aliphatic heterocycles. The SMILES string of the molecule is CCn1c(-c2cccnc2C(C)OC)c(CC(C)(C)COC=O)c2cc(-c3cc(O)cc(CC(NC(=O)C(C(C)C)N(C)C(=O)C4(N)CC4)C(=O)N4CCCCN4)c3)ccc21. The van der Waals surface area contributed by atoms with E-state index in [9.17, 15) is 24.3 Å². The molecule has 1 saturated carbocycles. The van der Waals surface area contributed by atoms with E-state index in [-0.39, 0.29) is 42.6 Å². The minimum Gasteiger partial charge on any atom is -0.508 e. The van der Waals surface area contributed by atoms with Gasteiger partial charge in [0.2, 0.25) is 11.8 Å². The van der Waals surface area contributed by atoms with Crippen LogP contribution >= 0.6 is 0 Å². The Kier molecular flexibility index (Phi) is 13.9. The number of carbonyl (C=O) groups excluding carboxylic acids is 4. The van der Waals surface area contributed by atoms with Gasteiger partial charge in [-0.05, 0) is 111 Å². The maximum atomic E-state index is 14.2. The van der Waals surface area contributed by atoms with Crippen LogP contribution in [0.25, 0.3) is 33.3 Å². The van der Waals surface area contributed by atoms with Gasteiger partial charge in [-0.3, -0.25) is 29.2 Å². The van der Waals surface area contributed by atoms with E-state index >= 15 is 0 Å². The Balaban J connectivity index is 1.41. The summed E-state index contributed by atoms with van der Waals surface area (Å²) >= 11 is 0. The highest BCUT2D eigenvalue weighted by atomic mass is 16.5. The number of pyridine rings is 1. The van der Waals surface area contributed by atoms with Crippen LogP contribution in [0.15, 0.2) is 54.7 Å². The Hall–Kier alpha value is -5.31. The summed E-state index contributed by atoms with van der Waals surface area (Å²) in [7, 11) is 3.26. The lowest BCUT2D eigenvalue weighted by molar-refractivity contribution is -0.145. The number of methoxy groups -OCH3 is 1. The number of rotatable bonds is 18. The Morgan fingerprint density at radius 2 is 1.85 bits per heavy atom. The van der Waals surface area contributed by atoms with Gasteiger partial charge in [0.1, 0.15) is 17.8 Å². The summed E-state index contributed by atoms with van der Waals surface area (Å²) in [6, 6.07) is 13.6. The molecular weight excluding hydrogens is 775 g/mol. The van der Waals surface area contributed by atoms with E-state index in [1.165, 1.54) is 4.90 Å². The Bertz CT molecular complexity index is 2240. The van der Waals surface area contributed by atoms with Gasteiger partial charge in [-0.2, -0.15) is 0 Å². The van der Waals surface area contributed by atoms with E-state index < -0.39 is 28.9 Å². The summed E-state index contributed by atoms with van der Waals surface area (Å²) in [5.74, 6) is -1.28. The first-order chi connectivity index (χ1) is 29.0. The van der Waals surface area contributed by atoms with Crippen molar-refractivity contribution in [1.29, 1.82) is 0 Å². The molecule has 61 heavy (non-hydrogen) atoms. The number of nitrogens with one attached hydrogen (secondary N) is 2. The van der Waals surface area contributed by atoms with Gasteiger partial charge in [0, 0.05) is 68.3 Å². The van der Waals surface area contributed by atoms with Gasteiger partial charge >= 0.3 is 0 Å². The molecule has 1 aliphatic carbocycles. The fourth-order valence-electron chi connectivity index (χ4n) is 8.73. The van der Waals surface area contributed by atoms with Crippen molar-refractivity contribution in [3.05, 3.63) is 71.5 Å². The van der Waals surface area contributed by atoms with E-state index in [1.807, 2.05) is 39.0 Å². The van der Waals surface area contributed by atoms with Crippen LogP contribution in [0.3, 0.4) is 0 Å². The van der Waals surface area contributed by atoms with Crippen LogP contribution in [0.1, 0.15) is 90.2 Å². The zero-order valence-corrected chi connectivity index (χ0v) is 36.9. The fraction of sp³-hybridized carbons (Fsp3) is 0.511. The van der Waals surface area contributed by atoms with Gasteiger partial charge in [-0.15, -0.1) is 0 Å². The number of hydrazine groups is 1. The smallest absolute Gasteiger partial charge is 0.293 e. The first-order valence-corrected chi connectivity index (χ1v) is 21.5. The van der Waals surface area contributed by atoms with Crippen LogP contribution in [0.5, 0.6) is 5.75 Å². The normalized spacial score (nSPS) is 16.5. The quantitative estimate of drug-likeness (QED) is 0.0912. The molecule has 2 fully saturated rings. The second-order valence-corrected chi connectivity index (χ2v) is 17.9. The number of nitrogens with two attached hydrogens (primary N) is 1. The zero-order valence-electron chi connectivity index (χ0n) is 36.9. The third kappa shape index (κ3) is 9.92. The molecule has 3 amide bonds. The molecule has 2 aliphatic rings. The highest BCUT2D eigenvalue weighted by molar-refractivity contribution is 5.97. The number of aromatic hydroxyl groups is 1. The molecule has 0 spiro atoms. The highest BCUT2D eigenvalue weighted by Gasteiger charge is 2.50. The number of hydrogen-bond acceptors (Lipinski definition) is 10. The number of benzene rings is 2. The molecule has 3 unspecified atom stereocenters. The Morgan fingerprint density at radius 1 is 1.10 bits per heavy atom. The highest BCUT2D eigenvalue weighted by Crippen LogP contribution is 2.42. The predicted molar refractivity (Wildman–Crippen MR) is 235 cm³/mol. The Morgan fingerprint density at radius 3 is 2.49 bits per heavy atom. The molecule has 328 valence electrons. The van der Waals surface area contributed by atoms with Gasteiger partial charge < -0.3 is 35.1 Å². The van der Waals surface area contributed by atoms with Crippen molar-refractivity contribution < 1.29 is 33.8 Å². The number of carbonyl (C=O) groups is 4. The number of phenols is 1. The lowest BCUT2D eigenvalue weighted by atomic mass is 9.84. The lowest BCUT2D eigenvalue weighted by Crippen LogP contribution is -2.60. The van der Waals surface area contributed by atoms with Crippen molar-refractivity contribution in [3.8, 4) is 28.1 Å². The van der Waals surface area contributed by atoms with Crippen molar-refractivity contribution in [2.24, 2.45) is 17.1 Å². The number of hydrogen-bond donors (Lipinski definition) is 4. The van der Waals surface area contributed by atoms with E-state index in [0.717, 1.165) is 57.4 Å². The molecule has 4 aromatic rings. The number of ether oxygens (including phenoxy) is 2. The summed E-state index contributed by atoms with van der Waals surface area (Å²) in [4.78, 5) is 59.2. The van der Waals surface area contributed by atoms with E-state index in [2.05, 4.69) is 54.3 Å². The molecular formula is C47H63N7O7. The van der Waals surface area contributed by atoms with Crippen molar-refractivity contribution in [1.82, 2.24) is 30.2 Å². The number of aromatic nitrogens is 2. The summed E-state index contributed by atoms with van der Waals surface area (Å²) < 4.78 is 13.4. The summed E-state index contributed by atoms with van der Waals surface area (Å²) in [6.07, 6.45) is 5.04. The van der Waals surface area contributed by atoms with Crippen LogP contribution in [0.4, 0.5) is 0 Å². The molecule has 3 heterocycles. The van der Waals surface area contributed by atoms with Crippen LogP contribution < -0.4 is 16.5 Å². The lowest BCUT2D eigenvalue weighted by Gasteiger charge is -2.35. The summed E-state index contributed by atoms with van der Waals surface area (Å²) in [5.41, 5.74) is 15.1. The largest absolute Gasteiger partial charge is 0.508 e. The van der Waals surface area contributed by atoms with Crippen LogP contribution in [-0.2, 0) is 48.0 Å². The first kappa shape index (κ1) is 45.2. The Labute approximate surface area is 359 Å². The van der Waals surface area contributed by atoms with Crippen molar-refractivity contribution in [2.45, 2.75) is 110 Å². The maximum Gasteiger partial charge on any atom is 0.293 e. The number of nitrogens with zero attached hydrogens (tertiary/aromatic N) is 4. The summed E-state index contributed by atoms with van der Waals surface area (Å²) in [5, 5.41) is 16.8. The second-order valence-electron chi connectivity index (χ2n) is 17.9. The van der Waals surface area contributed by atoms with Gasteiger partial charge in [-0.25, -0.2) is 5.43 Å². The number of amides is 3. The fourth-order valence-corrected chi connectivity index (χ4v) is 8.73. The molecule has 14 nitrogen and oxygen atoms in total. The van der Waals surface area contributed by atoms with Crippen molar-refractivity contribution >= 4 is 35.1 Å². The van der Waals surface area contributed by atoms with E-state index in [0.29, 0.717) is 50.9 Å². The zero-order chi connectivity index (χ0) is 44.2. The van der Waals surface area contributed by atoms with Crippen LogP contribution in [-0.4, -0.2) is 100 Å². The van der Waals surface area contributed by atoms with Crippen LogP contribution in [0, 0.1) is 11.3 Å². The monoisotopic (exact) mass is 837 g/mol. The maximum absolute atomic E-state index is 14.2. The van der Waals surface area contributed by atoms with Crippen molar-refractivity contribution in [3.63, 3.8) is 0 Å². The molecule has 6 rings (SSSR count). The third-order valence-electron chi connectivity index (χ3n) is 12.1. The number of phenolic OH excluding ortho intramolecular Hbond substituents is 1. The van der Waals surface area contributed by atoms with Crippen LogP contribution in [0.2, 0.25) is 0 Å². The average Bonchev–Trinajstić information content (AvgIpc) is 3.93. The van der Waals surface area contributed by atoms with Gasteiger partial charge in [-0.1, -0.05) is 39.8 Å². The van der Waals surface area contributed by atoms with Crippen molar-refractivity contribution in [2.75, 3.05) is 33.9 Å². The molecule has 0 radical (unpaired) electrons. The van der Waals surface area contributed by atoms with Gasteiger partial charge in [0.25, 0.3) is 12.4 Å². The van der Waals surface area contributed by atoms with Gasteiger partial charge in [0.15, 0.2) is 0 Å². The number of aryl methyl sites for hydroxylation is 1. The number of fused-ring (bicyclic) bond motifs is 1. The molecule has 1 saturated heterocycles. The molecule has 2 aromatic heterocycles. The van der Waals surface area contributed by atoms with Gasteiger partial charge in [0.05, 0.1) is 29.6 Å². The van der Waals surface area contributed by atoms with E-state index in [1.54, 1.807) is 37.5 Å². The summed E-state index contributed by atoms with van der Waals surface area (Å²) in [6.45, 7) is 14.4. The number of likely N-dealkylation sites (N-methyl/N-ethyl adjacent to an activating group) is 1. The molecule has 2 aromatic carbocycles. The molecule has 5 N–H and O–H groups in total. The topological polar surface area (TPSA) is 181 Å². The standard InChI is InChI=1S/C47H63N7O7/c1-9-53-39-15-14-32(25-36(39)37(26-46(5,6)27-61-28-55)42(53)35-13-12-18-49-40(35)30(4)60-8)33-21-31(22-34(56)24-33)23-38(44(58)54-20-11-10-19-50-54)51-43(57)41(29(2)3)52(7)45(59)47(48)16-17-47/h12-15,18,21-22,24-25,28-30,38,41,50,56H,9-11,16-17,19-20,23,26-27,48H2,1-8H3,(H,51,57). The predicted octanol–water partition coefficient (Wildman–Crippen LogP) is 5.67. The minimum absolute atomic E-state index is 0.0111. The molecule has 14 heteroatoms. The molecule has 3 atom stereocenters. The van der Waals surface area contributed by atoms with E-state index in [4.69, 9.17) is 20.2 Å². The third-order valence-corrected chi connectivity index (χ3v) is 12.1. The minimum atomic E-state index is -1.00. The second kappa shape index (κ2) is 18.8.